The first-order chi connectivity index (χ1) is 14.8. The van der Waals surface area contributed by atoms with Crippen LogP contribution in [0.3, 0.4) is 0 Å². The minimum atomic E-state index is -0.416. The quantitative estimate of drug-likeness (QED) is 0.326. The highest BCUT2D eigenvalue weighted by molar-refractivity contribution is 5.87. The van der Waals surface area contributed by atoms with Gasteiger partial charge in [-0.1, -0.05) is 42.5 Å². The number of esters is 1. The molecule has 0 aliphatic rings. The molecule has 0 saturated carbocycles. The van der Waals surface area contributed by atoms with Crippen LogP contribution in [0.25, 0.3) is 17.0 Å². The van der Waals surface area contributed by atoms with Gasteiger partial charge >= 0.3 is 5.97 Å². The number of rotatable bonds is 7. The van der Waals surface area contributed by atoms with Gasteiger partial charge < -0.3 is 9.47 Å². The van der Waals surface area contributed by atoms with Gasteiger partial charge in [0.05, 0.1) is 16.9 Å². The van der Waals surface area contributed by atoms with E-state index in [0.29, 0.717) is 12.3 Å². The van der Waals surface area contributed by atoms with Crippen LogP contribution < -0.4 is 4.74 Å². The van der Waals surface area contributed by atoms with Crippen molar-refractivity contribution in [1.29, 1.82) is 0 Å². The summed E-state index contributed by atoms with van der Waals surface area (Å²) >= 11 is 0. The Morgan fingerprint density at radius 3 is 2.53 bits per heavy atom. The van der Waals surface area contributed by atoms with E-state index in [0.717, 1.165) is 27.9 Å². The van der Waals surface area contributed by atoms with E-state index in [1.807, 2.05) is 78.9 Å². The van der Waals surface area contributed by atoms with Crippen molar-refractivity contribution in [3.63, 3.8) is 0 Å². The highest BCUT2D eigenvalue weighted by Crippen LogP contribution is 2.15. The fourth-order valence-corrected chi connectivity index (χ4v) is 2.85. The normalized spacial score (nSPS) is 10.9. The van der Waals surface area contributed by atoms with Gasteiger partial charge in [0.25, 0.3) is 0 Å². The van der Waals surface area contributed by atoms with Crippen molar-refractivity contribution in [1.82, 2.24) is 9.97 Å². The molecule has 0 N–H and O–H groups in total. The van der Waals surface area contributed by atoms with Gasteiger partial charge in [0.1, 0.15) is 19.0 Å². The summed E-state index contributed by atoms with van der Waals surface area (Å²) in [6.07, 6.45) is 4.78. The summed E-state index contributed by atoms with van der Waals surface area (Å²) in [4.78, 5) is 20.7. The van der Waals surface area contributed by atoms with Crippen LogP contribution in [0.5, 0.6) is 5.75 Å². The monoisotopic (exact) mass is 396 g/mol. The summed E-state index contributed by atoms with van der Waals surface area (Å²) < 4.78 is 11.0. The maximum absolute atomic E-state index is 12.0. The number of carbonyl (C=O) groups is 1. The molecule has 4 rings (SSSR count). The first kappa shape index (κ1) is 19.3. The van der Waals surface area contributed by atoms with Gasteiger partial charge in [-0.25, -0.2) is 9.78 Å². The molecule has 2 aromatic carbocycles. The van der Waals surface area contributed by atoms with Crippen LogP contribution in [0, 0.1) is 0 Å². The molecule has 4 aromatic rings. The third kappa shape index (κ3) is 5.29. The zero-order valence-electron chi connectivity index (χ0n) is 16.3. The van der Waals surface area contributed by atoms with Crippen LogP contribution in [-0.4, -0.2) is 15.9 Å². The number of pyridine rings is 2. The minimum absolute atomic E-state index is 0.189. The van der Waals surface area contributed by atoms with Crippen LogP contribution in [0.15, 0.2) is 91.1 Å². The largest absolute Gasteiger partial charge is 0.487 e. The Hall–Kier alpha value is -3.99. The van der Waals surface area contributed by atoms with Gasteiger partial charge in [0.15, 0.2) is 0 Å². The maximum atomic E-state index is 12.0. The summed E-state index contributed by atoms with van der Waals surface area (Å²) in [5.41, 5.74) is 3.34. The number of nitrogens with zero attached hydrogens (tertiary/aromatic N) is 2. The van der Waals surface area contributed by atoms with Crippen molar-refractivity contribution in [2.45, 2.75) is 13.2 Å². The third-order valence-corrected chi connectivity index (χ3v) is 4.43. The summed E-state index contributed by atoms with van der Waals surface area (Å²) in [5, 5.41) is 1.06. The van der Waals surface area contributed by atoms with Crippen LogP contribution >= 0.6 is 0 Å². The number of ether oxygens (including phenoxy) is 2. The van der Waals surface area contributed by atoms with E-state index in [4.69, 9.17) is 9.47 Å². The van der Waals surface area contributed by atoms with Crippen LogP contribution in [0.2, 0.25) is 0 Å². The standard InChI is InChI=1S/C25H20N2O3/c28-25(15-12-21-11-10-20-5-1-2-7-24(20)27-21)30-17-19-8-13-23(14-9-19)29-18-22-6-3-4-16-26-22/h1-16H,17-18H2/b15-12+. The molecule has 5 heteroatoms. The van der Waals surface area contributed by atoms with Gasteiger partial charge in [-0.3, -0.25) is 4.98 Å². The van der Waals surface area contributed by atoms with E-state index in [-0.39, 0.29) is 6.61 Å². The fourth-order valence-electron chi connectivity index (χ4n) is 2.85. The van der Waals surface area contributed by atoms with E-state index < -0.39 is 5.97 Å². The number of para-hydroxylation sites is 1. The molecule has 0 bridgehead atoms. The van der Waals surface area contributed by atoms with Crippen molar-refractivity contribution in [2.75, 3.05) is 0 Å². The van der Waals surface area contributed by atoms with Crippen LogP contribution in [-0.2, 0) is 22.7 Å². The molecular weight excluding hydrogens is 376 g/mol. The molecule has 5 nitrogen and oxygen atoms in total. The topological polar surface area (TPSA) is 61.3 Å². The Balaban J connectivity index is 1.27. The fraction of sp³-hybridized carbons (Fsp3) is 0.0800. The highest BCUT2D eigenvalue weighted by atomic mass is 16.5. The second kappa shape index (κ2) is 9.47. The molecule has 0 unspecified atom stereocenters. The molecule has 2 aromatic heterocycles. The molecule has 0 spiro atoms. The van der Waals surface area contributed by atoms with E-state index in [1.165, 1.54) is 6.08 Å². The molecule has 148 valence electrons. The number of fused-ring (bicyclic) bond motifs is 1. The predicted molar refractivity (Wildman–Crippen MR) is 116 cm³/mol. The summed E-state index contributed by atoms with van der Waals surface area (Å²) in [6.45, 7) is 0.595. The molecule has 0 aliphatic heterocycles. The molecule has 0 aliphatic carbocycles. The SMILES string of the molecule is O=C(/C=C/c1ccc2ccccc2n1)OCc1ccc(OCc2ccccn2)cc1. The number of carbonyl (C=O) groups excluding carboxylic acids is 1. The molecule has 0 atom stereocenters. The molecular formula is C25H20N2O3. The van der Waals surface area contributed by atoms with E-state index in [9.17, 15) is 4.79 Å². The Morgan fingerprint density at radius 2 is 1.70 bits per heavy atom. The van der Waals surface area contributed by atoms with Crippen molar-refractivity contribution in [2.24, 2.45) is 0 Å². The van der Waals surface area contributed by atoms with E-state index >= 15 is 0 Å². The average Bonchev–Trinajstić information content (AvgIpc) is 2.81. The highest BCUT2D eigenvalue weighted by Gasteiger charge is 2.02. The minimum Gasteiger partial charge on any atom is -0.487 e. The van der Waals surface area contributed by atoms with Crippen molar-refractivity contribution in [3.8, 4) is 5.75 Å². The Labute approximate surface area is 174 Å². The van der Waals surface area contributed by atoms with E-state index in [2.05, 4.69) is 9.97 Å². The lowest BCUT2D eigenvalue weighted by Gasteiger charge is -2.07. The Kier molecular flexibility index (Phi) is 6.11. The van der Waals surface area contributed by atoms with Gasteiger partial charge in [-0.2, -0.15) is 0 Å². The summed E-state index contributed by atoms with van der Waals surface area (Å²) in [7, 11) is 0. The number of hydrogen-bond donors (Lipinski definition) is 0. The maximum Gasteiger partial charge on any atom is 0.331 e. The summed E-state index contributed by atoms with van der Waals surface area (Å²) in [6, 6.07) is 24.8. The lowest BCUT2D eigenvalue weighted by Crippen LogP contribution is -2.01. The lowest BCUT2D eigenvalue weighted by atomic mass is 10.2. The van der Waals surface area contributed by atoms with Gasteiger partial charge in [-0.15, -0.1) is 0 Å². The molecule has 0 amide bonds. The number of hydrogen-bond acceptors (Lipinski definition) is 5. The number of aromatic nitrogens is 2. The molecule has 0 radical (unpaired) electrons. The molecule has 0 saturated heterocycles. The van der Waals surface area contributed by atoms with Gasteiger partial charge in [0.2, 0.25) is 0 Å². The summed E-state index contributed by atoms with van der Waals surface area (Å²) in [5.74, 6) is 0.318. The second-order valence-electron chi connectivity index (χ2n) is 6.62. The zero-order valence-corrected chi connectivity index (χ0v) is 16.3. The van der Waals surface area contributed by atoms with Crippen molar-refractivity contribution >= 4 is 22.9 Å². The van der Waals surface area contributed by atoms with Crippen molar-refractivity contribution in [3.05, 3.63) is 108 Å². The van der Waals surface area contributed by atoms with Gasteiger partial charge in [0, 0.05) is 17.7 Å². The Morgan fingerprint density at radius 1 is 0.867 bits per heavy atom. The lowest BCUT2D eigenvalue weighted by molar-refractivity contribution is -0.138. The molecule has 2 heterocycles. The van der Waals surface area contributed by atoms with Crippen LogP contribution in [0.4, 0.5) is 0 Å². The Bertz CT molecular complexity index is 1160. The zero-order chi connectivity index (χ0) is 20.6. The van der Waals surface area contributed by atoms with E-state index in [1.54, 1.807) is 12.3 Å². The predicted octanol–water partition coefficient (Wildman–Crippen LogP) is 4.97. The third-order valence-electron chi connectivity index (χ3n) is 4.43. The van der Waals surface area contributed by atoms with Crippen LogP contribution in [0.1, 0.15) is 17.0 Å². The second-order valence-corrected chi connectivity index (χ2v) is 6.62. The average molecular weight is 396 g/mol. The first-order valence-electron chi connectivity index (χ1n) is 9.58. The van der Waals surface area contributed by atoms with Crippen molar-refractivity contribution < 1.29 is 14.3 Å². The number of benzene rings is 2. The molecule has 0 fully saturated rings. The molecule has 30 heavy (non-hydrogen) atoms. The van der Waals surface area contributed by atoms with Gasteiger partial charge in [-0.05, 0) is 48.0 Å². The smallest absolute Gasteiger partial charge is 0.331 e. The first-order valence-corrected chi connectivity index (χ1v) is 9.58.